The lowest BCUT2D eigenvalue weighted by Gasteiger charge is -2.28. The highest BCUT2D eigenvalue weighted by Crippen LogP contribution is 2.48. The fourth-order valence-electron chi connectivity index (χ4n) is 3.41. The standard InChI is InChI=1S/C19H15F3INO/c1-3-10-18(12-4-6-13(7-5-12)19(20,21)22)15-11-14(23)8-9-16(15)24(2)17(18)25/h3-9,11H,1,10H2,2H3/t18-/m0/s1. The lowest BCUT2D eigenvalue weighted by Crippen LogP contribution is -2.39. The van der Waals surface area contributed by atoms with Crippen LogP contribution in [0.25, 0.3) is 0 Å². The number of benzene rings is 2. The summed E-state index contributed by atoms with van der Waals surface area (Å²) in [5.41, 5.74) is 0.334. The maximum absolute atomic E-state index is 13.1. The summed E-state index contributed by atoms with van der Waals surface area (Å²) in [5.74, 6) is -0.163. The number of rotatable bonds is 3. The van der Waals surface area contributed by atoms with E-state index in [0.717, 1.165) is 27.0 Å². The molecule has 0 unspecified atom stereocenters. The second kappa shape index (κ2) is 6.16. The minimum absolute atomic E-state index is 0.163. The molecule has 1 aliphatic heterocycles. The van der Waals surface area contributed by atoms with Gasteiger partial charge in [-0.1, -0.05) is 18.2 Å². The smallest absolute Gasteiger partial charge is 0.314 e. The van der Waals surface area contributed by atoms with Crippen molar-refractivity contribution in [1.82, 2.24) is 0 Å². The molecular formula is C19H15F3INO. The number of alkyl halides is 3. The first-order chi connectivity index (χ1) is 11.7. The van der Waals surface area contributed by atoms with E-state index in [9.17, 15) is 18.0 Å². The summed E-state index contributed by atoms with van der Waals surface area (Å²) < 4.78 is 39.6. The summed E-state index contributed by atoms with van der Waals surface area (Å²) in [6.45, 7) is 3.75. The molecule has 0 aromatic heterocycles. The number of amides is 1. The van der Waals surface area contributed by atoms with E-state index < -0.39 is 17.2 Å². The van der Waals surface area contributed by atoms with Gasteiger partial charge in [-0.25, -0.2) is 0 Å². The number of hydrogen-bond donors (Lipinski definition) is 0. The molecule has 0 fully saturated rings. The van der Waals surface area contributed by atoms with E-state index in [0.29, 0.717) is 12.0 Å². The summed E-state index contributed by atoms with van der Waals surface area (Å²) in [7, 11) is 1.68. The maximum Gasteiger partial charge on any atom is 0.416 e. The van der Waals surface area contributed by atoms with Crippen LogP contribution in [0.2, 0.25) is 0 Å². The maximum atomic E-state index is 13.1. The first-order valence-electron chi connectivity index (χ1n) is 7.58. The molecule has 1 aliphatic rings. The summed E-state index contributed by atoms with van der Waals surface area (Å²) in [4.78, 5) is 14.7. The number of allylic oxidation sites excluding steroid dienone is 1. The molecule has 1 heterocycles. The molecule has 0 saturated carbocycles. The fraction of sp³-hybridized carbons (Fsp3) is 0.211. The quantitative estimate of drug-likeness (QED) is 0.462. The molecule has 0 bridgehead atoms. The van der Waals surface area contributed by atoms with Gasteiger partial charge in [0.2, 0.25) is 5.91 Å². The highest BCUT2D eigenvalue weighted by atomic mass is 127. The average molecular weight is 457 g/mol. The molecule has 3 rings (SSSR count). The molecule has 0 spiro atoms. The largest absolute Gasteiger partial charge is 0.416 e. The molecule has 2 aromatic carbocycles. The topological polar surface area (TPSA) is 20.3 Å². The molecule has 25 heavy (non-hydrogen) atoms. The second-order valence-corrected chi connectivity index (χ2v) is 7.24. The molecule has 1 atom stereocenters. The Morgan fingerprint density at radius 3 is 2.40 bits per heavy atom. The van der Waals surface area contributed by atoms with Gasteiger partial charge in [-0.05, 0) is 70.5 Å². The minimum Gasteiger partial charge on any atom is -0.314 e. The zero-order chi connectivity index (χ0) is 18.4. The summed E-state index contributed by atoms with van der Waals surface area (Å²) in [6.07, 6.45) is -2.46. The van der Waals surface area contributed by atoms with Gasteiger partial charge in [-0.2, -0.15) is 13.2 Å². The normalized spacial score (nSPS) is 19.9. The van der Waals surface area contributed by atoms with Crippen molar-refractivity contribution in [1.29, 1.82) is 0 Å². The average Bonchev–Trinajstić information content (AvgIpc) is 2.77. The molecule has 0 radical (unpaired) electrons. The van der Waals surface area contributed by atoms with Gasteiger partial charge in [0.1, 0.15) is 5.41 Å². The Hall–Kier alpha value is -1.83. The van der Waals surface area contributed by atoms with Crippen LogP contribution in [-0.2, 0) is 16.4 Å². The third-order valence-electron chi connectivity index (χ3n) is 4.61. The molecule has 2 aromatic rings. The summed E-state index contributed by atoms with van der Waals surface area (Å²) >= 11 is 2.16. The lowest BCUT2D eigenvalue weighted by atomic mass is 9.72. The van der Waals surface area contributed by atoms with Gasteiger partial charge in [0, 0.05) is 16.3 Å². The van der Waals surface area contributed by atoms with Crippen molar-refractivity contribution in [2.75, 3.05) is 11.9 Å². The van der Waals surface area contributed by atoms with Crippen LogP contribution in [0.4, 0.5) is 18.9 Å². The van der Waals surface area contributed by atoms with Crippen LogP contribution in [0.15, 0.2) is 55.1 Å². The number of anilines is 1. The van der Waals surface area contributed by atoms with Crippen molar-refractivity contribution >= 4 is 34.2 Å². The number of carbonyl (C=O) groups excluding carboxylic acids is 1. The van der Waals surface area contributed by atoms with Crippen molar-refractivity contribution in [3.63, 3.8) is 0 Å². The third kappa shape index (κ3) is 2.76. The van der Waals surface area contributed by atoms with Gasteiger partial charge in [0.25, 0.3) is 0 Å². The first-order valence-corrected chi connectivity index (χ1v) is 8.66. The highest BCUT2D eigenvalue weighted by Gasteiger charge is 2.50. The number of halogens is 4. The van der Waals surface area contributed by atoms with Crippen molar-refractivity contribution in [2.45, 2.75) is 18.0 Å². The molecule has 0 N–H and O–H groups in total. The molecule has 2 nitrogen and oxygen atoms in total. The Bertz CT molecular complexity index is 845. The highest BCUT2D eigenvalue weighted by molar-refractivity contribution is 14.1. The first kappa shape index (κ1) is 18.0. The van der Waals surface area contributed by atoms with E-state index >= 15 is 0 Å². The van der Waals surface area contributed by atoms with E-state index in [1.165, 1.54) is 12.1 Å². The van der Waals surface area contributed by atoms with Crippen LogP contribution in [0.1, 0.15) is 23.1 Å². The van der Waals surface area contributed by atoms with Crippen LogP contribution in [0, 0.1) is 3.57 Å². The predicted molar refractivity (Wildman–Crippen MR) is 99.6 cm³/mol. The van der Waals surface area contributed by atoms with Gasteiger partial charge in [-0.15, -0.1) is 6.58 Å². The van der Waals surface area contributed by atoms with Gasteiger partial charge in [0.05, 0.1) is 5.56 Å². The number of nitrogens with zero attached hydrogens (tertiary/aromatic N) is 1. The minimum atomic E-state index is -4.41. The number of hydrogen-bond acceptors (Lipinski definition) is 1. The van der Waals surface area contributed by atoms with Crippen molar-refractivity contribution in [2.24, 2.45) is 0 Å². The van der Waals surface area contributed by atoms with E-state index in [1.54, 1.807) is 18.0 Å². The van der Waals surface area contributed by atoms with Gasteiger partial charge in [-0.3, -0.25) is 4.79 Å². The fourth-order valence-corrected chi connectivity index (χ4v) is 3.90. The zero-order valence-electron chi connectivity index (χ0n) is 13.4. The second-order valence-electron chi connectivity index (χ2n) is 6.00. The predicted octanol–water partition coefficient (Wildman–Crippen LogP) is 5.15. The van der Waals surface area contributed by atoms with E-state index in [4.69, 9.17) is 0 Å². The van der Waals surface area contributed by atoms with Crippen LogP contribution >= 0.6 is 22.6 Å². The van der Waals surface area contributed by atoms with Crippen molar-refractivity contribution < 1.29 is 18.0 Å². The Morgan fingerprint density at radius 2 is 1.84 bits per heavy atom. The van der Waals surface area contributed by atoms with E-state index in [-0.39, 0.29) is 5.91 Å². The molecule has 1 amide bonds. The summed E-state index contributed by atoms with van der Waals surface area (Å²) in [6, 6.07) is 10.5. The molecule has 130 valence electrons. The van der Waals surface area contributed by atoms with E-state index in [2.05, 4.69) is 29.2 Å². The van der Waals surface area contributed by atoms with Gasteiger partial charge >= 0.3 is 6.18 Å². The number of likely N-dealkylation sites (N-methyl/N-ethyl adjacent to an activating group) is 1. The lowest BCUT2D eigenvalue weighted by molar-refractivity contribution is -0.137. The molecule has 6 heteroatoms. The summed E-state index contributed by atoms with van der Waals surface area (Å²) in [5, 5.41) is 0. The zero-order valence-corrected chi connectivity index (χ0v) is 15.6. The third-order valence-corrected chi connectivity index (χ3v) is 5.28. The molecule has 0 saturated heterocycles. The molecule has 0 aliphatic carbocycles. The van der Waals surface area contributed by atoms with Crippen LogP contribution in [-0.4, -0.2) is 13.0 Å². The monoisotopic (exact) mass is 457 g/mol. The van der Waals surface area contributed by atoms with E-state index in [1.807, 2.05) is 18.2 Å². The number of fused-ring (bicyclic) bond motifs is 1. The SMILES string of the molecule is C=CC[C@@]1(c2ccc(C(F)(F)F)cc2)C(=O)N(C)c2ccc(I)cc21. The van der Waals surface area contributed by atoms with Gasteiger partial charge < -0.3 is 4.90 Å². The number of carbonyl (C=O) groups is 1. The van der Waals surface area contributed by atoms with Crippen LogP contribution < -0.4 is 4.90 Å². The van der Waals surface area contributed by atoms with Crippen LogP contribution in [0.5, 0.6) is 0 Å². The van der Waals surface area contributed by atoms with Crippen molar-refractivity contribution in [3.05, 3.63) is 75.4 Å². The Labute approximate surface area is 157 Å². The van der Waals surface area contributed by atoms with Crippen LogP contribution in [0.3, 0.4) is 0 Å². The Morgan fingerprint density at radius 1 is 1.20 bits per heavy atom. The van der Waals surface area contributed by atoms with Crippen molar-refractivity contribution in [3.8, 4) is 0 Å². The Kier molecular flexibility index (Phi) is 4.43. The molecular weight excluding hydrogens is 442 g/mol. The van der Waals surface area contributed by atoms with Gasteiger partial charge in [0.15, 0.2) is 0 Å². The Balaban J connectivity index is 2.23.